The van der Waals surface area contributed by atoms with Crippen molar-refractivity contribution in [2.75, 3.05) is 6.54 Å². The first-order chi connectivity index (χ1) is 17.3. The Morgan fingerprint density at radius 1 is 1.19 bits per heavy atom. The summed E-state index contributed by atoms with van der Waals surface area (Å²) in [6.07, 6.45) is -9.22. The maximum absolute atomic E-state index is 14.4. The molecule has 2 amide bonds. The average Bonchev–Trinajstić information content (AvgIpc) is 3.24. The number of nitrogens with zero attached hydrogens (tertiary/aromatic N) is 4. The number of para-hydroxylation sites is 1. The summed E-state index contributed by atoms with van der Waals surface area (Å²) in [7, 11) is 0. The van der Waals surface area contributed by atoms with Gasteiger partial charge in [-0.25, -0.2) is 18.9 Å². The van der Waals surface area contributed by atoms with Crippen LogP contribution in [0.1, 0.15) is 30.2 Å². The minimum Gasteiger partial charge on any atom is -0.385 e. The molecule has 3 rings (SSSR count). The molecule has 1 heterocycles. The van der Waals surface area contributed by atoms with Crippen LogP contribution in [0.25, 0.3) is 5.69 Å². The lowest BCUT2D eigenvalue weighted by Crippen LogP contribution is -2.50. The van der Waals surface area contributed by atoms with Gasteiger partial charge in [0.15, 0.2) is 17.8 Å². The number of aliphatic hydroxyl groups excluding tert-OH is 2. The molecule has 0 fully saturated rings. The number of carbonyl (C=O) groups is 1. The van der Waals surface area contributed by atoms with E-state index in [2.05, 4.69) is 15.4 Å². The molecular weight excluding hydrogens is 543 g/mol. The third-order valence-electron chi connectivity index (χ3n) is 4.96. The Bertz CT molecular complexity index is 1260. The molecule has 0 saturated carbocycles. The summed E-state index contributed by atoms with van der Waals surface area (Å²) in [6, 6.07) is 8.09. The summed E-state index contributed by atoms with van der Waals surface area (Å²) in [5, 5.41) is 34.4. The molecule has 0 spiro atoms. The fourth-order valence-corrected chi connectivity index (χ4v) is 3.50. The number of hydrogen-bond donors (Lipinski definition) is 4. The van der Waals surface area contributed by atoms with Gasteiger partial charge in [-0.3, -0.25) is 10.3 Å². The van der Waals surface area contributed by atoms with Crippen LogP contribution in [0.4, 0.5) is 22.4 Å². The number of nitrogens with one attached hydrogen (secondary N) is 2. The van der Waals surface area contributed by atoms with E-state index in [1.165, 1.54) is 43.3 Å². The average molecular weight is 563 g/mol. The van der Waals surface area contributed by atoms with Gasteiger partial charge in [-0.05, 0) is 43.3 Å². The van der Waals surface area contributed by atoms with Crippen molar-refractivity contribution in [3.05, 3.63) is 75.5 Å². The zero-order valence-electron chi connectivity index (χ0n) is 19.0. The predicted molar refractivity (Wildman–Crippen MR) is 126 cm³/mol. The molecule has 3 aromatic rings. The van der Waals surface area contributed by atoms with Gasteiger partial charge in [0, 0.05) is 10.6 Å². The molecule has 0 aliphatic carbocycles. The van der Waals surface area contributed by atoms with Gasteiger partial charge in [0.25, 0.3) is 0 Å². The second kappa shape index (κ2) is 11.4. The molecule has 0 radical (unpaired) electrons. The molecular formula is C22H20Cl2F4N6O3. The van der Waals surface area contributed by atoms with Crippen LogP contribution in [0.3, 0.4) is 0 Å². The monoisotopic (exact) mass is 562 g/mol. The number of amidine groups is 1. The van der Waals surface area contributed by atoms with Crippen molar-refractivity contribution in [2.45, 2.75) is 31.9 Å². The number of urea groups is 1. The van der Waals surface area contributed by atoms with Crippen LogP contribution in [0, 0.1) is 11.2 Å². The van der Waals surface area contributed by atoms with Crippen molar-refractivity contribution in [1.82, 2.24) is 25.0 Å². The van der Waals surface area contributed by atoms with E-state index in [9.17, 15) is 32.6 Å². The summed E-state index contributed by atoms with van der Waals surface area (Å²) in [5.74, 6) is -1.66. The van der Waals surface area contributed by atoms with Gasteiger partial charge in [0.05, 0.1) is 18.1 Å². The van der Waals surface area contributed by atoms with Crippen molar-refractivity contribution >= 4 is 35.1 Å². The lowest BCUT2D eigenvalue weighted by Gasteiger charge is -2.26. The Labute approximate surface area is 217 Å². The Hall–Kier alpha value is -3.26. The Morgan fingerprint density at radius 2 is 1.84 bits per heavy atom. The van der Waals surface area contributed by atoms with Crippen molar-refractivity contribution in [2.24, 2.45) is 0 Å². The molecule has 0 saturated heterocycles. The number of hydrogen-bond acceptors (Lipinski definition) is 6. The first-order valence-electron chi connectivity index (χ1n) is 10.5. The van der Waals surface area contributed by atoms with Crippen molar-refractivity contribution in [3.8, 4) is 5.69 Å². The van der Waals surface area contributed by atoms with E-state index in [-0.39, 0.29) is 27.9 Å². The van der Waals surface area contributed by atoms with Crippen molar-refractivity contribution in [1.29, 1.82) is 5.41 Å². The summed E-state index contributed by atoms with van der Waals surface area (Å²) < 4.78 is 54.4. The zero-order valence-corrected chi connectivity index (χ0v) is 20.5. The van der Waals surface area contributed by atoms with E-state index in [1.807, 2.05) is 0 Å². The van der Waals surface area contributed by atoms with E-state index >= 15 is 0 Å². The smallest absolute Gasteiger partial charge is 0.385 e. The molecule has 0 unspecified atom stereocenters. The Balaban J connectivity index is 1.87. The third-order valence-corrected chi connectivity index (χ3v) is 5.52. The van der Waals surface area contributed by atoms with Gasteiger partial charge in [0.1, 0.15) is 23.4 Å². The Kier molecular flexibility index (Phi) is 8.74. The van der Waals surface area contributed by atoms with Crippen LogP contribution in [0.15, 0.2) is 42.5 Å². The first kappa shape index (κ1) is 28.3. The minimum atomic E-state index is -5.05. The molecule has 2 aromatic carbocycles. The van der Waals surface area contributed by atoms with E-state index in [1.54, 1.807) is 0 Å². The number of aliphatic hydroxyl groups is 2. The standard InChI is InChI=1S/C22H20Cl2F4N6O3/c1-11(35)20-31-17(32-34(20)18-14(24)3-2-4-15(18)25)9-30-21(37)33(10-16(36)22(26,27)28)19(29)12-5-7-13(23)8-6-12/h2-8,11,16,29,35-36H,9-10H2,1H3,(H,30,37)/t11-,16+/m1/s1. The summed E-state index contributed by atoms with van der Waals surface area (Å²) in [4.78, 5) is 17.3. The van der Waals surface area contributed by atoms with Crippen molar-refractivity contribution < 1.29 is 32.6 Å². The molecule has 9 nitrogen and oxygen atoms in total. The molecule has 4 N–H and O–H groups in total. The molecule has 2 atom stereocenters. The number of halogens is 6. The maximum atomic E-state index is 14.4. The molecule has 15 heteroatoms. The largest absolute Gasteiger partial charge is 0.416 e. The number of benzene rings is 2. The zero-order chi connectivity index (χ0) is 27.5. The van der Waals surface area contributed by atoms with Crippen LogP contribution in [0.5, 0.6) is 0 Å². The Morgan fingerprint density at radius 3 is 2.41 bits per heavy atom. The second-order valence-corrected chi connectivity index (χ2v) is 8.57. The van der Waals surface area contributed by atoms with Gasteiger partial charge in [-0.15, -0.1) is 5.10 Å². The molecule has 37 heavy (non-hydrogen) atoms. The summed E-state index contributed by atoms with van der Waals surface area (Å²) in [6.45, 7) is -0.419. The van der Waals surface area contributed by atoms with Gasteiger partial charge in [-0.1, -0.05) is 29.3 Å². The van der Waals surface area contributed by atoms with Gasteiger partial charge < -0.3 is 15.5 Å². The van der Waals surface area contributed by atoms with E-state index < -0.39 is 49.2 Å². The quantitative estimate of drug-likeness (QED) is 0.195. The maximum Gasteiger partial charge on any atom is 0.416 e. The molecule has 1 aromatic heterocycles. The van der Waals surface area contributed by atoms with Gasteiger partial charge in [-0.2, -0.15) is 13.2 Å². The van der Waals surface area contributed by atoms with Gasteiger partial charge >= 0.3 is 12.2 Å². The van der Waals surface area contributed by atoms with E-state index in [0.29, 0.717) is 9.92 Å². The van der Waals surface area contributed by atoms with Crippen LogP contribution in [-0.2, 0) is 6.54 Å². The van der Waals surface area contributed by atoms with Gasteiger partial charge in [0.2, 0.25) is 0 Å². The fraction of sp³-hybridized carbons (Fsp3) is 0.273. The first-order valence-corrected chi connectivity index (χ1v) is 11.3. The molecule has 0 aliphatic rings. The fourth-order valence-electron chi connectivity index (χ4n) is 3.14. The number of carbonyl (C=O) groups excluding carboxylic acids is 1. The van der Waals surface area contributed by atoms with Crippen LogP contribution >= 0.6 is 23.2 Å². The SMILES string of the molecule is C[C@@H](O)c1nc(CNC(=O)N(C[C@H](O)C(F)(F)F)C(=N)c2ccc(Cl)cc2)nn1-c1c(F)cccc1Cl. The van der Waals surface area contributed by atoms with E-state index in [0.717, 1.165) is 10.7 Å². The number of alkyl halides is 3. The van der Waals surface area contributed by atoms with Crippen LogP contribution < -0.4 is 5.32 Å². The molecule has 198 valence electrons. The molecule has 0 aliphatic heterocycles. The highest BCUT2D eigenvalue weighted by Gasteiger charge is 2.41. The van der Waals surface area contributed by atoms with Crippen LogP contribution in [0.2, 0.25) is 10.0 Å². The number of aromatic nitrogens is 3. The summed E-state index contributed by atoms with van der Waals surface area (Å²) >= 11 is 11.9. The lowest BCUT2D eigenvalue weighted by atomic mass is 10.2. The summed E-state index contributed by atoms with van der Waals surface area (Å²) in [5.41, 5.74) is -0.147. The molecule has 0 bridgehead atoms. The van der Waals surface area contributed by atoms with Crippen LogP contribution in [-0.4, -0.2) is 60.6 Å². The highest BCUT2D eigenvalue weighted by atomic mass is 35.5. The lowest BCUT2D eigenvalue weighted by molar-refractivity contribution is -0.204. The predicted octanol–water partition coefficient (Wildman–Crippen LogP) is 4.23. The topological polar surface area (TPSA) is 127 Å². The second-order valence-electron chi connectivity index (χ2n) is 7.73. The van der Waals surface area contributed by atoms with Crippen molar-refractivity contribution in [3.63, 3.8) is 0 Å². The number of rotatable bonds is 7. The highest BCUT2D eigenvalue weighted by molar-refractivity contribution is 6.32. The third kappa shape index (κ3) is 6.74. The number of amides is 2. The minimum absolute atomic E-state index is 0.0360. The normalized spacial score (nSPS) is 13.2. The highest BCUT2D eigenvalue weighted by Crippen LogP contribution is 2.26. The van der Waals surface area contributed by atoms with E-state index in [4.69, 9.17) is 28.6 Å².